The third-order valence-corrected chi connectivity index (χ3v) is 5.00. The fourth-order valence-electron chi connectivity index (χ4n) is 3.19. The van der Waals surface area contributed by atoms with Gasteiger partial charge in [0.05, 0.1) is 6.10 Å². The molecule has 1 aliphatic heterocycles. The van der Waals surface area contributed by atoms with E-state index in [1.165, 1.54) is 51.1 Å². The first kappa shape index (κ1) is 13.7. The largest absolute Gasteiger partial charge is 0.378 e. The van der Waals surface area contributed by atoms with Crippen molar-refractivity contribution in [3.05, 3.63) is 0 Å². The Kier molecular flexibility index (Phi) is 5.19. The Hall–Kier alpha value is 0.270. The van der Waals surface area contributed by atoms with Gasteiger partial charge in [0, 0.05) is 18.9 Å². The molecule has 0 aromatic rings. The lowest BCUT2D eigenvalue weighted by Crippen LogP contribution is -2.50. The van der Waals surface area contributed by atoms with Gasteiger partial charge >= 0.3 is 0 Å². The Morgan fingerprint density at radius 2 is 2.00 bits per heavy atom. The van der Waals surface area contributed by atoms with Gasteiger partial charge in [-0.25, -0.2) is 0 Å². The first-order valence-corrected chi connectivity index (χ1v) is 8.50. The number of rotatable bonds is 6. The second-order valence-electron chi connectivity index (χ2n) is 5.74. The maximum absolute atomic E-state index is 5.83. The maximum atomic E-state index is 5.83. The first-order chi connectivity index (χ1) is 8.28. The molecular formula is C14H27NOS. The fourth-order valence-corrected chi connectivity index (χ4v) is 3.63. The summed E-state index contributed by atoms with van der Waals surface area (Å²) in [6.45, 7) is 7.08. The van der Waals surface area contributed by atoms with Gasteiger partial charge in [-0.1, -0.05) is 6.92 Å². The lowest BCUT2D eigenvalue weighted by Gasteiger charge is -2.52. The summed E-state index contributed by atoms with van der Waals surface area (Å²) in [4.78, 5) is 2.64. The lowest BCUT2D eigenvalue weighted by atomic mass is 9.61. The molecule has 2 aliphatic rings. The van der Waals surface area contributed by atoms with Gasteiger partial charge < -0.3 is 9.64 Å². The summed E-state index contributed by atoms with van der Waals surface area (Å²) in [5.41, 5.74) is 0.675. The van der Waals surface area contributed by atoms with Gasteiger partial charge in [-0.2, -0.15) is 11.8 Å². The SMILES string of the molecule is CCCOC1CC2(CCN(CCSC)CC2)C1. The van der Waals surface area contributed by atoms with Crippen molar-refractivity contribution in [3.63, 3.8) is 0 Å². The van der Waals surface area contributed by atoms with Crippen molar-refractivity contribution in [1.82, 2.24) is 4.90 Å². The van der Waals surface area contributed by atoms with Crippen LogP contribution in [0.1, 0.15) is 39.0 Å². The Morgan fingerprint density at radius 3 is 2.59 bits per heavy atom. The average molecular weight is 257 g/mol. The van der Waals surface area contributed by atoms with Crippen LogP contribution in [0.5, 0.6) is 0 Å². The second-order valence-corrected chi connectivity index (χ2v) is 6.72. The molecule has 0 aromatic heterocycles. The highest BCUT2D eigenvalue weighted by atomic mass is 32.2. The molecule has 0 N–H and O–H groups in total. The van der Waals surface area contributed by atoms with E-state index >= 15 is 0 Å². The van der Waals surface area contributed by atoms with Gasteiger partial charge in [0.15, 0.2) is 0 Å². The molecule has 1 spiro atoms. The average Bonchev–Trinajstić information content (AvgIpc) is 2.32. The zero-order valence-corrected chi connectivity index (χ0v) is 12.2. The smallest absolute Gasteiger partial charge is 0.0585 e. The normalized spacial score (nSPS) is 25.1. The van der Waals surface area contributed by atoms with Crippen LogP contribution in [0, 0.1) is 5.41 Å². The minimum absolute atomic E-state index is 0.590. The van der Waals surface area contributed by atoms with E-state index in [2.05, 4.69) is 18.1 Å². The number of likely N-dealkylation sites (tertiary alicyclic amines) is 1. The minimum Gasteiger partial charge on any atom is -0.378 e. The van der Waals surface area contributed by atoms with Gasteiger partial charge in [0.2, 0.25) is 0 Å². The van der Waals surface area contributed by atoms with E-state index in [1.54, 1.807) is 0 Å². The van der Waals surface area contributed by atoms with Crippen LogP contribution in [0.15, 0.2) is 0 Å². The number of nitrogens with zero attached hydrogens (tertiary/aromatic N) is 1. The van der Waals surface area contributed by atoms with E-state index in [-0.39, 0.29) is 0 Å². The second kappa shape index (κ2) is 6.44. The quantitative estimate of drug-likeness (QED) is 0.726. The van der Waals surface area contributed by atoms with E-state index < -0.39 is 0 Å². The number of hydrogen-bond donors (Lipinski definition) is 0. The zero-order chi connectivity index (χ0) is 12.1. The summed E-state index contributed by atoms with van der Waals surface area (Å²) in [5.74, 6) is 1.29. The van der Waals surface area contributed by atoms with Crippen LogP contribution >= 0.6 is 11.8 Å². The molecule has 0 radical (unpaired) electrons. The zero-order valence-electron chi connectivity index (χ0n) is 11.4. The van der Waals surface area contributed by atoms with Crippen LogP contribution in [0.25, 0.3) is 0 Å². The van der Waals surface area contributed by atoms with Crippen molar-refractivity contribution in [2.45, 2.75) is 45.1 Å². The molecule has 100 valence electrons. The topological polar surface area (TPSA) is 12.5 Å². The predicted molar refractivity (Wildman–Crippen MR) is 75.8 cm³/mol. The third-order valence-electron chi connectivity index (χ3n) is 4.41. The van der Waals surface area contributed by atoms with Crippen molar-refractivity contribution < 1.29 is 4.74 Å². The molecule has 3 heteroatoms. The summed E-state index contributed by atoms with van der Waals surface area (Å²) in [7, 11) is 0. The van der Waals surface area contributed by atoms with Crippen LogP contribution in [0.2, 0.25) is 0 Å². The van der Waals surface area contributed by atoms with Crippen molar-refractivity contribution in [1.29, 1.82) is 0 Å². The molecule has 0 atom stereocenters. The van der Waals surface area contributed by atoms with Gasteiger partial charge in [0.25, 0.3) is 0 Å². The Balaban J connectivity index is 1.63. The highest BCUT2D eigenvalue weighted by Crippen LogP contribution is 2.50. The van der Waals surface area contributed by atoms with Crippen LogP contribution in [-0.4, -0.2) is 49.3 Å². The summed E-state index contributed by atoms with van der Waals surface area (Å²) < 4.78 is 5.83. The van der Waals surface area contributed by atoms with Gasteiger partial charge in [-0.05, 0) is 56.9 Å². The Bertz CT molecular complexity index is 218. The van der Waals surface area contributed by atoms with Crippen LogP contribution in [0.3, 0.4) is 0 Å². The standard InChI is InChI=1S/C14H27NOS/c1-3-9-16-13-11-14(12-13)4-6-15(7-5-14)8-10-17-2/h13H,3-12H2,1-2H3. The summed E-state index contributed by atoms with van der Waals surface area (Å²) in [5, 5.41) is 0. The third kappa shape index (κ3) is 3.62. The molecule has 1 aliphatic carbocycles. The minimum atomic E-state index is 0.590. The van der Waals surface area contributed by atoms with Gasteiger partial charge in [-0.15, -0.1) is 0 Å². The van der Waals surface area contributed by atoms with E-state index in [4.69, 9.17) is 4.74 Å². The van der Waals surface area contributed by atoms with E-state index in [1.807, 2.05) is 11.8 Å². The van der Waals surface area contributed by atoms with Gasteiger partial charge in [-0.3, -0.25) is 0 Å². The lowest BCUT2D eigenvalue weighted by molar-refractivity contribution is -0.104. The Labute approximate surface area is 110 Å². The molecule has 1 heterocycles. The van der Waals surface area contributed by atoms with Crippen LogP contribution < -0.4 is 0 Å². The molecule has 1 saturated carbocycles. The summed E-state index contributed by atoms with van der Waals surface area (Å²) in [6, 6.07) is 0. The molecule has 0 unspecified atom stereocenters. The molecular weight excluding hydrogens is 230 g/mol. The van der Waals surface area contributed by atoms with Crippen molar-refractivity contribution in [2.75, 3.05) is 38.2 Å². The van der Waals surface area contributed by atoms with Crippen LogP contribution in [0.4, 0.5) is 0 Å². The molecule has 2 rings (SSSR count). The van der Waals surface area contributed by atoms with Crippen molar-refractivity contribution in [2.24, 2.45) is 5.41 Å². The molecule has 17 heavy (non-hydrogen) atoms. The number of piperidine rings is 1. The van der Waals surface area contributed by atoms with E-state index in [9.17, 15) is 0 Å². The molecule has 2 nitrogen and oxygen atoms in total. The number of ether oxygens (including phenoxy) is 1. The summed E-state index contributed by atoms with van der Waals surface area (Å²) in [6.07, 6.45) is 9.44. The highest BCUT2D eigenvalue weighted by molar-refractivity contribution is 7.98. The monoisotopic (exact) mass is 257 g/mol. The van der Waals surface area contributed by atoms with E-state index in [0.29, 0.717) is 11.5 Å². The predicted octanol–water partition coefficient (Wildman–Crippen LogP) is 3.02. The number of thioether (sulfide) groups is 1. The summed E-state index contributed by atoms with van der Waals surface area (Å²) >= 11 is 1.96. The van der Waals surface area contributed by atoms with E-state index in [0.717, 1.165) is 13.0 Å². The molecule has 0 aromatic carbocycles. The Morgan fingerprint density at radius 1 is 1.29 bits per heavy atom. The molecule has 1 saturated heterocycles. The maximum Gasteiger partial charge on any atom is 0.0585 e. The van der Waals surface area contributed by atoms with Crippen LogP contribution in [-0.2, 0) is 4.74 Å². The highest BCUT2D eigenvalue weighted by Gasteiger charge is 2.45. The number of hydrogen-bond acceptors (Lipinski definition) is 3. The fraction of sp³-hybridized carbons (Fsp3) is 1.00. The van der Waals surface area contributed by atoms with Gasteiger partial charge in [0.1, 0.15) is 0 Å². The van der Waals surface area contributed by atoms with Crippen molar-refractivity contribution >= 4 is 11.8 Å². The van der Waals surface area contributed by atoms with Crippen molar-refractivity contribution in [3.8, 4) is 0 Å². The molecule has 0 amide bonds. The molecule has 0 bridgehead atoms. The first-order valence-electron chi connectivity index (χ1n) is 7.11. The molecule has 2 fully saturated rings.